The summed E-state index contributed by atoms with van der Waals surface area (Å²) in [4.78, 5) is 4.12. The van der Waals surface area contributed by atoms with Crippen molar-refractivity contribution >= 4 is 17.1 Å². The normalized spacial score (nSPS) is 9.53. The molecule has 0 atom stereocenters. The highest BCUT2D eigenvalue weighted by molar-refractivity contribution is 5.69. The number of nitrogens with zero attached hydrogens (tertiary/aromatic N) is 2. The van der Waals surface area contributed by atoms with E-state index in [1.54, 1.807) is 31.6 Å². The molecule has 0 saturated carbocycles. The molecule has 0 aliphatic rings. The van der Waals surface area contributed by atoms with Gasteiger partial charge in [-0.15, -0.1) is 0 Å². The molecule has 5 nitrogen and oxygen atoms in total. The number of pyridine rings is 1. The van der Waals surface area contributed by atoms with Crippen molar-refractivity contribution in [1.29, 1.82) is 5.26 Å². The zero-order valence-electron chi connectivity index (χ0n) is 10.8. The molecular weight excluding hydrogens is 240 g/mol. The van der Waals surface area contributed by atoms with Gasteiger partial charge in [0, 0.05) is 13.1 Å². The highest BCUT2D eigenvalue weighted by atomic mass is 16.5. The van der Waals surface area contributed by atoms with Gasteiger partial charge in [-0.25, -0.2) is 0 Å². The number of nitriles is 1. The van der Waals surface area contributed by atoms with E-state index in [4.69, 9.17) is 10.00 Å². The third-order valence-corrected chi connectivity index (χ3v) is 2.64. The minimum absolute atomic E-state index is 0.560. The third kappa shape index (κ3) is 2.93. The first-order valence-corrected chi connectivity index (χ1v) is 5.75. The molecule has 0 bridgehead atoms. The molecule has 0 aliphatic carbocycles. The molecule has 2 rings (SSSR count). The third-order valence-electron chi connectivity index (χ3n) is 2.64. The van der Waals surface area contributed by atoms with E-state index in [1.165, 1.54) is 0 Å². The van der Waals surface area contributed by atoms with Gasteiger partial charge in [-0.1, -0.05) is 0 Å². The van der Waals surface area contributed by atoms with E-state index in [0.29, 0.717) is 11.3 Å². The van der Waals surface area contributed by atoms with E-state index < -0.39 is 0 Å². The van der Waals surface area contributed by atoms with Crippen molar-refractivity contribution in [3.05, 3.63) is 42.2 Å². The maximum Gasteiger partial charge on any atom is 0.143 e. The van der Waals surface area contributed by atoms with Gasteiger partial charge in [0.2, 0.25) is 0 Å². The average molecular weight is 254 g/mol. The highest BCUT2D eigenvalue weighted by Crippen LogP contribution is 2.28. The van der Waals surface area contributed by atoms with Crippen LogP contribution in [0, 0.1) is 11.3 Å². The van der Waals surface area contributed by atoms with Crippen molar-refractivity contribution in [3.63, 3.8) is 0 Å². The van der Waals surface area contributed by atoms with Crippen LogP contribution < -0.4 is 15.4 Å². The van der Waals surface area contributed by atoms with Gasteiger partial charge in [0.15, 0.2) is 0 Å². The summed E-state index contributed by atoms with van der Waals surface area (Å²) in [6.45, 7) is 0. The van der Waals surface area contributed by atoms with E-state index in [9.17, 15) is 0 Å². The summed E-state index contributed by atoms with van der Waals surface area (Å²) in [5.74, 6) is 0.619. The Morgan fingerprint density at radius 3 is 2.68 bits per heavy atom. The monoisotopic (exact) mass is 254 g/mol. The Bertz CT molecular complexity index is 619. The van der Waals surface area contributed by atoms with Gasteiger partial charge in [-0.05, 0) is 18.2 Å². The maximum atomic E-state index is 8.86. The topological polar surface area (TPSA) is 70.0 Å². The number of anilines is 3. The number of hydrogen-bond acceptors (Lipinski definition) is 5. The van der Waals surface area contributed by atoms with Gasteiger partial charge in [0.05, 0.1) is 48.2 Å². The smallest absolute Gasteiger partial charge is 0.143 e. The molecule has 1 aromatic heterocycles. The molecule has 1 aromatic carbocycles. The van der Waals surface area contributed by atoms with Gasteiger partial charge in [0.1, 0.15) is 5.75 Å². The molecule has 0 spiro atoms. The van der Waals surface area contributed by atoms with Gasteiger partial charge in [-0.3, -0.25) is 4.98 Å². The predicted octanol–water partition coefficient (Wildman–Crippen LogP) is 2.75. The van der Waals surface area contributed by atoms with Crippen LogP contribution in [0.2, 0.25) is 0 Å². The molecule has 5 heteroatoms. The minimum Gasteiger partial charge on any atom is -0.495 e. The number of hydrogen-bond donors (Lipinski definition) is 2. The Hall–Kier alpha value is -2.74. The zero-order valence-corrected chi connectivity index (χ0v) is 10.8. The number of ether oxygens (including phenoxy) is 1. The second kappa shape index (κ2) is 5.74. The van der Waals surface area contributed by atoms with Crippen LogP contribution >= 0.6 is 0 Å². The molecule has 2 N–H and O–H groups in total. The second-order valence-electron chi connectivity index (χ2n) is 3.86. The van der Waals surface area contributed by atoms with Crippen molar-refractivity contribution in [2.24, 2.45) is 0 Å². The number of rotatable bonds is 4. The summed E-state index contributed by atoms with van der Waals surface area (Å²) < 4.78 is 5.27. The average Bonchev–Trinajstić information content (AvgIpc) is 2.48. The Balaban J connectivity index is 2.30. The quantitative estimate of drug-likeness (QED) is 0.878. The van der Waals surface area contributed by atoms with Crippen LogP contribution in [0.1, 0.15) is 5.56 Å². The summed E-state index contributed by atoms with van der Waals surface area (Å²) in [7, 11) is 3.41. The molecule has 96 valence electrons. The molecule has 0 unspecified atom stereocenters. The first-order chi connectivity index (χ1) is 9.26. The largest absolute Gasteiger partial charge is 0.495 e. The first kappa shape index (κ1) is 12.7. The van der Waals surface area contributed by atoms with Gasteiger partial charge < -0.3 is 15.4 Å². The lowest BCUT2D eigenvalue weighted by molar-refractivity contribution is 0.416. The lowest BCUT2D eigenvalue weighted by Crippen LogP contribution is -1.97. The van der Waals surface area contributed by atoms with Crippen LogP contribution in [-0.4, -0.2) is 19.1 Å². The van der Waals surface area contributed by atoms with Gasteiger partial charge >= 0.3 is 0 Å². The fourth-order valence-corrected chi connectivity index (χ4v) is 1.66. The highest BCUT2D eigenvalue weighted by Gasteiger charge is 2.05. The number of aromatic nitrogens is 1. The Kier molecular flexibility index (Phi) is 3.84. The van der Waals surface area contributed by atoms with E-state index in [0.717, 1.165) is 17.1 Å². The van der Waals surface area contributed by atoms with E-state index >= 15 is 0 Å². The SMILES string of the molecule is CNc1cncc(Nc2ccc(C#N)cc2OC)c1. The lowest BCUT2D eigenvalue weighted by atomic mass is 10.2. The molecule has 0 aliphatic heterocycles. The zero-order chi connectivity index (χ0) is 13.7. The molecule has 0 amide bonds. The van der Waals surface area contributed by atoms with Crippen LogP contribution in [0.3, 0.4) is 0 Å². The van der Waals surface area contributed by atoms with Crippen molar-refractivity contribution in [2.75, 3.05) is 24.8 Å². The molecule has 0 saturated heterocycles. The standard InChI is InChI=1S/C14H14N4O/c1-16-11-6-12(9-17-8-11)18-13-4-3-10(7-15)5-14(13)19-2/h3-6,8-9,16,18H,1-2H3. The van der Waals surface area contributed by atoms with Crippen molar-refractivity contribution in [1.82, 2.24) is 4.98 Å². The van der Waals surface area contributed by atoms with Crippen LogP contribution in [-0.2, 0) is 0 Å². The lowest BCUT2D eigenvalue weighted by Gasteiger charge is -2.11. The number of methoxy groups -OCH3 is 1. The van der Waals surface area contributed by atoms with E-state index in [-0.39, 0.29) is 0 Å². The van der Waals surface area contributed by atoms with Gasteiger partial charge in [-0.2, -0.15) is 5.26 Å². The van der Waals surface area contributed by atoms with Gasteiger partial charge in [0.25, 0.3) is 0 Å². The maximum absolute atomic E-state index is 8.86. The van der Waals surface area contributed by atoms with Crippen molar-refractivity contribution in [3.8, 4) is 11.8 Å². The van der Waals surface area contributed by atoms with Crippen LogP contribution in [0.4, 0.5) is 17.1 Å². The molecular formula is C14H14N4O. The molecule has 0 fully saturated rings. The first-order valence-electron chi connectivity index (χ1n) is 5.75. The molecule has 0 radical (unpaired) electrons. The Labute approximate surface area is 111 Å². The van der Waals surface area contributed by atoms with Crippen LogP contribution in [0.5, 0.6) is 5.75 Å². The predicted molar refractivity (Wildman–Crippen MR) is 74.8 cm³/mol. The summed E-state index contributed by atoms with van der Waals surface area (Å²) in [6, 6.07) is 9.25. The second-order valence-corrected chi connectivity index (χ2v) is 3.86. The molecule has 2 aromatic rings. The summed E-state index contributed by atoms with van der Waals surface area (Å²) >= 11 is 0. The molecule has 1 heterocycles. The Morgan fingerprint density at radius 1 is 1.21 bits per heavy atom. The van der Waals surface area contributed by atoms with E-state index in [1.807, 2.05) is 19.2 Å². The summed E-state index contributed by atoms with van der Waals surface area (Å²) in [5, 5.41) is 15.1. The fraction of sp³-hybridized carbons (Fsp3) is 0.143. The fourth-order valence-electron chi connectivity index (χ4n) is 1.66. The number of benzene rings is 1. The number of nitrogens with one attached hydrogen (secondary N) is 2. The molecule has 19 heavy (non-hydrogen) atoms. The summed E-state index contributed by atoms with van der Waals surface area (Å²) in [6.07, 6.45) is 3.46. The van der Waals surface area contributed by atoms with Crippen molar-refractivity contribution < 1.29 is 4.74 Å². The van der Waals surface area contributed by atoms with Crippen molar-refractivity contribution in [2.45, 2.75) is 0 Å². The van der Waals surface area contributed by atoms with Crippen LogP contribution in [0.25, 0.3) is 0 Å². The minimum atomic E-state index is 0.560. The Morgan fingerprint density at radius 2 is 2.00 bits per heavy atom. The van der Waals surface area contributed by atoms with Crippen LogP contribution in [0.15, 0.2) is 36.7 Å². The summed E-state index contributed by atoms with van der Waals surface area (Å²) in [5.41, 5.74) is 3.11. The van der Waals surface area contributed by atoms with E-state index in [2.05, 4.69) is 21.7 Å².